The number of thiazole rings is 1. The molecule has 7 heteroatoms. The molecule has 0 saturated heterocycles. The Bertz CT molecular complexity index is 1130. The summed E-state index contributed by atoms with van der Waals surface area (Å²) < 4.78 is 21.5. The molecule has 3 heterocycles. The lowest BCUT2D eigenvalue weighted by Gasteiger charge is -2.11. The highest BCUT2D eigenvalue weighted by Crippen LogP contribution is 2.34. The number of hydrogen-bond donors (Lipinski definition) is 0. The van der Waals surface area contributed by atoms with Gasteiger partial charge in [-0.2, -0.15) is 0 Å². The Morgan fingerprint density at radius 2 is 1.79 bits per heavy atom. The zero-order valence-electron chi connectivity index (χ0n) is 16.1. The minimum absolute atomic E-state index is 0. The number of pyridine rings is 1. The Morgan fingerprint density at radius 3 is 2.43 bits per heavy atom. The topological polar surface area (TPSA) is 39.9 Å². The lowest BCUT2D eigenvalue weighted by Crippen LogP contribution is -2.03. The van der Waals surface area contributed by atoms with Crippen molar-refractivity contribution in [1.82, 2.24) is 14.5 Å². The molecular formula is C21H21ClFN3OS. The molecule has 0 N–H and O–H groups in total. The van der Waals surface area contributed by atoms with Gasteiger partial charge in [0.2, 0.25) is 5.88 Å². The number of fused-ring (bicyclic) bond motifs is 1. The van der Waals surface area contributed by atoms with Gasteiger partial charge in [-0.25, -0.2) is 14.4 Å². The van der Waals surface area contributed by atoms with E-state index in [4.69, 9.17) is 4.74 Å². The van der Waals surface area contributed by atoms with Crippen molar-refractivity contribution in [3.05, 3.63) is 69.2 Å². The van der Waals surface area contributed by atoms with Gasteiger partial charge in [-0.15, -0.1) is 23.7 Å². The molecule has 0 aliphatic heterocycles. The highest BCUT2D eigenvalue weighted by Gasteiger charge is 2.18. The van der Waals surface area contributed by atoms with E-state index in [0.717, 1.165) is 28.1 Å². The van der Waals surface area contributed by atoms with Crippen molar-refractivity contribution < 1.29 is 9.13 Å². The lowest BCUT2D eigenvalue weighted by atomic mass is 10.2. The minimum Gasteiger partial charge on any atom is -0.437 e. The summed E-state index contributed by atoms with van der Waals surface area (Å²) in [4.78, 5) is 10.2. The first-order valence-electron chi connectivity index (χ1n) is 8.74. The van der Waals surface area contributed by atoms with E-state index in [1.54, 1.807) is 29.7 Å². The summed E-state index contributed by atoms with van der Waals surface area (Å²) in [5.74, 6) is 0.790. The molecule has 0 spiro atoms. The SMILES string of the molecule is Cc1nc(C)c(Cn2c(C)c(C)c3ccnc(Oc4ccc(F)cc4)c32)s1.Cl. The third-order valence-corrected chi connectivity index (χ3v) is 5.90. The third-order valence-electron chi connectivity index (χ3n) is 4.84. The summed E-state index contributed by atoms with van der Waals surface area (Å²) >= 11 is 1.71. The number of benzene rings is 1. The number of aromatic nitrogens is 3. The Hall–Kier alpha value is -2.44. The first-order valence-corrected chi connectivity index (χ1v) is 9.56. The molecule has 0 bridgehead atoms. The van der Waals surface area contributed by atoms with Crippen molar-refractivity contribution in [2.45, 2.75) is 34.2 Å². The van der Waals surface area contributed by atoms with Gasteiger partial charge in [0.15, 0.2) is 0 Å². The molecule has 3 aromatic heterocycles. The maximum absolute atomic E-state index is 13.2. The van der Waals surface area contributed by atoms with Crippen molar-refractivity contribution in [2.75, 3.05) is 0 Å². The number of rotatable bonds is 4. The number of nitrogens with zero attached hydrogens (tertiary/aromatic N) is 3. The standard InChI is InChI=1S/C21H20FN3OS.ClH/c1-12-14(3)25(11-19-13(2)24-15(4)27-19)20-18(12)9-10-23-21(20)26-17-7-5-16(22)6-8-17;/h5-10H,11H2,1-4H3;1H. The summed E-state index contributed by atoms with van der Waals surface area (Å²) in [6.07, 6.45) is 1.75. The molecule has 0 amide bonds. The summed E-state index contributed by atoms with van der Waals surface area (Å²) in [7, 11) is 0. The average Bonchev–Trinajstić information content (AvgIpc) is 3.09. The van der Waals surface area contributed by atoms with Crippen molar-refractivity contribution >= 4 is 34.6 Å². The molecule has 0 fully saturated rings. The van der Waals surface area contributed by atoms with Crippen molar-refractivity contribution in [2.24, 2.45) is 0 Å². The molecule has 4 rings (SSSR count). The minimum atomic E-state index is -0.292. The van der Waals surface area contributed by atoms with Gasteiger partial charge in [0, 0.05) is 22.2 Å². The second kappa shape index (κ2) is 7.89. The van der Waals surface area contributed by atoms with E-state index in [9.17, 15) is 4.39 Å². The van der Waals surface area contributed by atoms with Crippen molar-refractivity contribution in [3.8, 4) is 11.6 Å². The Balaban J connectivity index is 0.00000225. The van der Waals surface area contributed by atoms with Gasteiger partial charge in [0.1, 0.15) is 17.1 Å². The molecule has 0 saturated carbocycles. The van der Waals surface area contributed by atoms with Crippen LogP contribution in [0.25, 0.3) is 10.9 Å². The van der Waals surface area contributed by atoms with Gasteiger partial charge >= 0.3 is 0 Å². The van der Waals surface area contributed by atoms with E-state index in [1.165, 1.54) is 28.3 Å². The summed E-state index contributed by atoms with van der Waals surface area (Å²) in [6, 6.07) is 8.00. The number of ether oxygens (including phenoxy) is 1. The summed E-state index contributed by atoms with van der Waals surface area (Å²) in [6.45, 7) is 9.01. The second-order valence-electron chi connectivity index (χ2n) is 6.61. The maximum Gasteiger partial charge on any atom is 0.244 e. The Kier molecular flexibility index (Phi) is 5.72. The van der Waals surface area contributed by atoms with Crippen LogP contribution in [0.1, 0.15) is 26.8 Å². The summed E-state index contributed by atoms with van der Waals surface area (Å²) in [5.41, 5.74) is 4.38. The monoisotopic (exact) mass is 417 g/mol. The van der Waals surface area contributed by atoms with Crippen LogP contribution in [0.3, 0.4) is 0 Å². The van der Waals surface area contributed by atoms with Gasteiger partial charge in [-0.05, 0) is 63.6 Å². The average molecular weight is 418 g/mol. The Labute approximate surface area is 173 Å². The van der Waals surface area contributed by atoms with Crippen LogP contribution < -0.4 is 4.74 Å². The molecule has 28 heavy (non-hydrogen) atoms. The molecule has 4 nitrogen and oxygen atoms in total. The highest BCUT2D eigenvalue weighted by molar-refractivity contribution is 7.11. The predicted octanol–water partition coefficient (Wildman–Crippen LogP) is 6.13. The van der Waals surface area contributed by atoms with Crippen LogP contribution in [-0.4, -0.2) is 14.5 Å². The van der Waals surface area contributed by atoms with E-state index >= 15 is 0 Å². The van der Waals surface area contributed by atoms with Crippen molar-refractivity contribution in [1.29, 1.82) is 0 Å². The van der Waals surface area contributed by atoms with Gasteiger partial charge in [0.25, 0.3) is 0 Å². The first kappa shape index (κ1) is 20.3. The van der Waals surface area contributed by atoms with Crippen LogP contribution in [0, 0.1) is 33.5 Å². The fraction of sp³-hybridized carbons (Fsp3) is 0.238. The molecule has 4 aromatic rings. The molecule has 146 valence electrons. The van der Waals surface area contributed by atoms with Gasteiger partial charge < -0.3 is 9.30 Å². The van der Waals surface area contributed by atoms with Crippen LogP contribution in [0.2, 0.25) is 0 Å². The van der Waals surface area contributed by atoms with E-state index in [1.807, 2.05) is 19.9 Å². The largest absolute Gasteiger partial charge is 0.437 e. The normalized spacial score (nSPS) is 10.9. The first-order chi connectivity index (χ1) is 12.9. The zero-order chi connectivity index (χ0) is 19.1. The number of hydrogen-bond acceptors (Lipinski definition) is 4. The smallest absolute Gasteiger partial charge is 0.244 e. The van der Waals surface area contributed by atoms with E-state index in [0.29, 0.717) is 11.6 Å². The van der Waals surface area contributed by atoms with E-state index in [2.05, 4.69) is 28.4 Å². The van der Waals surface area contributed by atoms with Crippen LogP contribution >= 0.6 is 23.7 Å². The van der Waals surface area contributed by atoms with E-state index < -0.39 is 0 Å². The van der Waals surface area contributed by atoms with Crippen LogP contribution in [0.4, 0.5) is 4.39 Å². The van der Waals surface area contributed by atoms with Gasteiger partial charge in [-0.3, -0.25) is 0 Å². The number of aryl methyl sites for hydroxylation is 3. The fourth-order valence-electron chi connectivity index (χ4n) is 3.31. The van der Waals surface area contributed by atoms with Crippen LogP contribution in [0.15, 0.2) is 36.5 Å². The van der Waals surface area contributed by atoms with Crippen LogP contribution in [0.5, 0.6) is 11.6 Å². The molecule has 0 aliphatic rings. The highest BCUT2D eigenvalue weighted by atomic mass is 35.5. The second-order valence-corrected chi connectivity index (χ2v) is 7.89. The van der Waals surface area contributed by atoms with E-state index in [-0.39, 0.29) is 18.2 Å². The summed E-state index contributed by atoms with van der Waals surface area (Å²) in [5, 5.41) is 2.17. The predicted molar refractivity (Wildman–Crippen MR) is 114 cm³/mol. The quantitative estimate of drug-likeness (QED) is 0.401. The van der Waals surface area contributed by atoms with Gasteiger partial charge in [0.05, 0.1) is 17.2 Å². The lowest BCUT2D eigenvalue weighted by molar-refractivity contribution is 0.464. The number of halogens is 2. The Morgan fingerprint density at radius 1 is 1.07 bits per heavy atom. The molecule has 1 aromatic carbocycles. The van der Waals surface area contributed by atoms with Gasteiger partial charge in [-0.1, -0.05) is 0 Å². The zero-order valence-corrected chi connectivity index (χ0v) is 17.7. The molecule has 0 aliphatic carbocycles. The van der Waals surface area contributed by atoms with Crippen molar-refractivity contribution in [3.63, 3.8) is 0 Å². The third kappa shape index (κ3) is 3.62. The molecule has 0 atom stereocenters. The molecule has 0 radical (unpaired) electrons. The van der Waals surface area contributed by atoms with Crippen LogP contribution in [-0.2, 0) is 6.54 Å². The molecule has 0 unspecified atom stereocenters. The maximum atomic E-state index is 13.2. The molecular weight excluding hydrogens is 397 g/mol. The fourth-order valence-corrected chi connectivity index (χ4v) is 4.24.